The third-order valence-corrected chi connectivity index (χ3v) is 17.0. The molecule has 12 aromatic rings. The summed E-state index contributed by atoms with van der Waals surface area (Å²) in [6.07, 6.45) is 2.03. The van der Waals surface area contributed by atoms with Crippen LogP contribution in [-0.4, -0.2) is 22.2 Å². The van der Waals surface area contributed by atoms with Gasteiger partial charge in [0.2, 0.25) is 8.07 Å². The highest BCUT2D eigenvalue weighted by atomic mass is 28.3. The molecule has 12 rings (SSSR count). The van der Waals surface area contributed by atoms with Crippen LogP contribution in [0.5, 0.6) is 0 Å². The van der Waals surface area contributed by atoms with Crippen LogP contribution in [0.4, 0.5) is 0 Å². The summed E-state index contributed by atoms with van der Waals surface area (Å²) < 4.78 is 11.3. The van der Waals surface area contributed by atoms with Crippen LogP contribution in [-0.2, 0) is 0 Å². The van der Waals surface area contributed by atoms with E-state index >= 15 is 0 Å². The molecule has 4 aromatic heterocycles. The van der Waals surface area contributed by atoms with Crippen LogP contribution in [0.1, 0.15) is 5.56 Å². The third kappa shape index (κ3) is 4.87. The lowest BCUT2D eigenvalue weighted by atomic mass is 10.1. The normalized spacial score (nSPS) is 12.0. The maximum atomic E-state index is 9.72. The van der Waals surface area contributed by atoms with E-state index in [1.165, 1.54) is 20.9 Å². The van der Waals surface area contributed by atoms with Crippen LogP contribution in [0.25, 0.3) is 76.9 Å². The Labute approximate surface area is 346 Å². The van der Waals surface area contributed by atoms with E-state index in [1.807, 2.05) is 30.5 Å². The number of aromatic nitrogens is 3. The molecule has 0 unspecified atom stereocenters. The Morgan fingerprint density at radius 1 is 0.450 bits per heavy atom. The molecular weight excluding hydrogens is 749 g/mol. The number of rotatable bonds is 6. The molecule has 0 aliphatic heterocycles. The summed E-state index contributed by atoms with van der Waals surface area (Å²) in [5.41, 5.74) is 8.78. The molecule has 0 radical (unpaired) electrons. The van der Waals surface area contributed by atoms with Crippen LogP contribution >= 0.6 is 0 Å². The van der Waals surface area contributed by atoms with E-state index in [0.717, 1.165) is 76.9 Å². The van der Waals surface area contributed by atoms with Crippen LogP contribution in [0, 0.1) is 11.3 Å². The molecule has 0 spiro atoms. The number of para-hydroxylation sites is 3. The van der Waals surface area contributed by atoms with Crippen molar-refractivity contribution < 1.29 is 4.42 Å². The summed E-state index contributed by atoms with van der Waals surface area (Å²) >= 11 is 0. The lowest BCUT2D eigenvalue weighted by Crippen LogP contribution is -2.75. The molecule has 0 N–H and O–H groups in total. The number of benzene rings is 8. The van der Waals surface area contributed by atoms with Crippen LogP contribution < -0.4 is 20.9 Å². The largest absolute Gasteiger partial charge is 0.454 e. The fourth-order valence-corrected chi connectivity index (χ4v) is 14.3. The van der Waals surface area contributed by atoms with E-state index < -0.39 is 8.07 Å². The standard InChI is InChI=1S/C54H34N4OSi/c55-34-36-23-31-50-47(33-36)43-18-8-10-20-48(43)57(50)38-26-32-52(56-35-38)60(39-13-3-1-4-14-39,40-15-5-2-6-16-40)41-27-24-37(25-28-41)58-49-21-11-7-17-42(49)45-29-30-46-44-19-9-12-22-51(44)59-54(46)53(45)58/h1-33,35H. The second-order valence-corrected chi connectivity index (χ2v) is 19.2. The molecule has 0 aliphatic rings. The number of fused-ring (bicyclic) bond motifs is 10. The van der Waals surface area contributed by atoms with Gasteiger partial charge in [-0.05, 0) is 82.3 Å². The smallest absolute Gasteiger partial charge is 0.201 e. The van der Waals surface area contributed by atoms with Crippen molar-refractivity contribution in [1.29, 1.82) is 5.26 Å². The minimum Gasteiger partial charge on any atom is -0.454 e. The Kier molecular flexibility index (Phi) is 7.55. The molecule has 60 heavy (non-hydrogen) atoms. The number of nitrogens with zero attached hydrogens (tertiary/aromatic N) is 4. The predicted molar refractivity (Wildman–Crippen MR) is 249 cm³/mol. The van der Waals surface area contributed by atoms with E-state index in [1.54, 1.807) is 0 Å². The van der Waals surface area contributed by atoms with E-state index in [4.69, 9.17) is 9.40 Å². The summed E-state index contributed by atoms with van der Waals surface area (Å²) in [7, 11) is -2.99. The van der Waals surface area contributed by atoms with Gasteiger partial charge in [-0.2, -0.15) is 5.26 Å². The number of hydrogen-bond donors (Lipinski definition) is 0. The molecule has 0 atom stereocenters. The minimum absolute atomic E-state index is 0.646. The minimum atomic E-state index is -2.99. The zero-order valence-electron chi connectivity index (χ0n) is 32.3. The van der Waals surface area contributed by atoms with Gasteiger partial charge in [0.15, 0.2) is 5.58 Å². The lowest BCUT2D eigenvalue weighted by Gasteiger charge is -2.33. The first kappa shape index (κ1) is 34.1. The van der Waals surface area contributed by atoms with Gasteiger partial charge in [-0.3, -0.25) is 4.98 Å². The van der Waals surface area contributed by atoms with E-state index in [-0.39, 0.29) is 0 Å². The summed E-state index contributed by atoms with van der Waals surface area (Å²) in [6, 6.07) is 73.5. The van der Waals surface area contributed by atoms with E-state index in [0.29, 0.717) is 5.56 Å². The third-order valence-electron chi connectivity index (χ3n) is 12.3. The van der Waals surface area contributed by atoms with Gasteiger partial charge in [0.05, 0.1) is 45.6 Å². The Morgan fingerprint density at radius 2 is 1.02 bits per heavy atom. The van der Waals surface area contributed by atoms with E-state index in [9.17, 15) is 5.26 Å². The Bertz CT molecular complexity index is 3610. The van der Waals surface area contributed by atoms with Gasteiger partial charge >= 0.3 is 0 Å². The van der Waals surface area contributed by atoms with Gasteiger partial charge in [0.1, 0.15) is 5.58 Å². The average Bonchev–Trinajstić information content (AvgIpc) is 3.98. The highest BCUT2D eigenvalue weighted by molar-refractivity contribution is 7.19. The number of furan rings is 1. The van der Waals surface area contributed by atoms with Crippen LogP contribution in [0.15, 0.2) is 211 Å². The quantitative estimate of drug-likeness (QED) is 0.125. The van der Waals surface area contributed by atoms with Crippen molar-refractivity contribution >= 4 is 94.5 Å². The van der Waals surface area contributed by atoms with Gasteiger partial charge in [0.25, 0.3) is 0 Å². The molecule has 0 bridgehead atoms. The maximum Gasteiger partial charge on any atom is 0.201 e. The molecule has 0 saturated carbocycles. The van der Waals surface area contributed by atoms with Gasteiger partial charge in [-0.1, -0.05) is 133 Å². The Balaban J connectivity index is 1.07. The molecule has 0 aliphatic carbocycles. The maximum absolute atomic E-state index is 9.72. The molecule has 0 saturated heterocycles. The van der Waals surface area contributed by atoms with Crippen molar-refractivity contribution in [2.45, 2.75) is 0 Å². The fourth-order valence-electron chi connectivity index (χ4n) is 9.74. The summed E-state index contributed by atoms with van der Waals surface area (Å²) in [6.45, 7) is 0. The summed E-state index contributed by atoms with van der Waals surface area (Å²) in [5.74, 6) is 0. The molecular formula is C54H34N4OSi. The van der Waals surface area contributed by atoms with Gasteiger partial charge < -0.3 is 13.6 Å². The topological polar surface area (TPSA) is 59.7 Å². The van der Waals surface area contributed by atoms with Gasteiger partial charge in [-0.25, -0.2) is 0 Å². The van der Waals surface area contributed by atoms with Gasteiger partial charge in [0, 0.05) is 43.3 Å². The number of hydrogen-bond acceptors (Lipinski definition) is 3. The second kappa shape index (κ2) is 13.3. The van der Waals surface area contributed by atoms with Crippen molar-refractivity contribution in [2.24, 2.45) is 0 Å². The fraction of sp³-hybridized carbons (Fsp3) is 0. The van der Waals surface area contributed by atoms with Crippen LogP contribution in [0.2, 0.25) is 0 Å². The van der Waals surface area contributed by atoms with Crippen molar-refractivity contribution in [3.05, 3.63) is 212 Å². The van der Waals surface area contributed by atoms with Crippen LogP contribution in [0.3, 0.4) is 0 Å². The molecule has 8 aromatic carbocycles. The Hall–Kier alpha value is -7.98. The summed E-state index contributed by atoms with van der Waals surface area (Å²) in [4.78, 5) is 5.46. The predicted octanol–water partition coefficient (Wildman–Crippen LogP) is 10.4. The number of nitriles is 1. The zero-order valence-corrected chi connectivity index (χ0v) is 33.3. The van der Waals surface area contributed by atoms with Crippen molar-refractivity contribution in [2.75, 3.05) is 0 Å². The molecule has 0 amide bonds. The first-order valence-electron chi connectivity index (χ1n) is 20.2. The Morgan fingerprint density at radius 3 is 1.70 bits per heavy atom. The molecule has 5 nitrogen and oxygen atoms in total. The second-order valence-electron chi connectivity index (χ2n) is 15.4. The van der Waals surface area contributed by atoms with E-state index in [2.05, 4.69) is 191 Å². The average molecular weight is 783 g/mol. The zero-order chi connectivity index (χ0) is 39.8. The highest BCUT2D eigenvalue weighted by Gasteiger charge is 2.43. The SMILES string of the molecule is N#Cc1ccc2c(c1)c1ccccc1n2-c1ccc([Si](c2ccccc2)(c2ccccc2)c2ccc(-n3c4ccccc4c4ccc5c6ccccc6oc5c43)cc2)nc1. The monoisotopic (exact) mass is 782 g/mol. The number of pyridine rings is 1. The molecule has 280 valence electrons. The van der Waals surface area contributed by atoms with Crippen molar-refractivity contribution in [1.82, 2.24) is 14.1 Å². The van der Waals surface area contributed by atoms with Crippen molar-refractivity contribution in [3.8, 4) is 17.4 Å². The molecule has 0 fully saturated rings. The van der Waals surface area contributed by atoms with Gasteiger partial charge in [-0.15, -0.1) is 0 Å². The molecule has 6 heteroatoms. The molecule has 4 heterocycles. The highest BCUT2D eigenvalue weighted by Crippen LogP contribution is 2.40. The van der Waals surface area contributed by atoms with Crippen molar-refractivity contribution in [3.63, 3.8) is 0 Å². The lowest BCUT2D eigenvalue weighted by molar-refractivity contribution is 0.671. The first-order chi connectivity index (χ1) is 29.7. The summed E-state index contributed by atoms with van der Waals surface area (Å²) in [5, 5.41) is 21.3. The first-order valence-corrected chi connectivity index (χ1v) is 22.2.